The zero-order valence-corrected chi connectivity index (χ0v) is 14.7. The minimum Gasteiger partial charge on any atom is -0.486 e. The van der Waals surface area contributed by atoms with Crippen LogP contribution in [0.3, 0.4) is 0 Å². The van der Waals surface area contributed by atoms with Crippen molar-refractivity contribution < 1.29 is 19.0 Å². The number of carbonyl (C=O) groups excluding carboxylic acids is 1. The maximum absolute atomic E-state index is 11.7. The van der Waals surface area contributed by atoms with Crippen LogP contribution in [0.4, 0.5) is 11.5 Å². The Labute approximate surface area is 156 Å². The van der Waals surface area contributed by atoms with E-state index >= 15 is 0 Å². The van der Waals surface area contributed by atoms with Crippen molar-refractivity contribution in [3.63, 3.8) is 0 Å². The van der Waals surface area contributed by atoms with Crippen LogP contribution in [0.25, 0.3) is 0 Å². The van der Waals surface area contributed by atoms with Crippen molar-refractivity contribution in [1.82, 2.24) is 9.97 Å². The normalized spacial score (nSPS) is 12.7. The predicted octanol–water partition coefficient (Wildman–Crippen LogP) is 3.59. The first kappa shape index (κ1) is 16.8. The van der Waals surface area contributed by atoms with Crippen LogP contribution in [0.5, 0.6) is 17.2 Å². The number of aromatic nitrogens is 2. The third-order valence-corrected chi connectivity index (χ3v) is 4.06. The zero-order valence-electron chi connectivity index (χ0n) is 14.7. The molecule has 2 heterocycles. The number of anilines is 2. The number of hydrogen-bond donors (Lipinski definition) is 0. The number of carbonyl (C=O) groups is 1. The highest BCUT2D eigenvalue weighted by Gasteiger charge is 2.24. The van der Waals surface area contributed by atoms with E-state index in [9.17, 15) is 4.79 Å². The number of hydrogen-bond acceptors (Lipinski definition) is 7. The van der Waals surface area contributed by atoms with Gasteiger partial charge >= 0.3 is 5.97 Å². The molecule has 1 aliphatic rings. The van der Waals surface area contributed by atoms with E-state index in [1.807, 2.05) is 59.5 Å². The third kappa shape index (κ3) is 3.52. The van der Waals surface area contributed by atoms with E-state index in [0.29, 0.717) is 24.7 Å². The van der Waals surface area contributed by atoms with Crippen molar-refractivity contribution in [3.8, 4) is 17.2 Å². The van der Waals surface area contributed by atoms with Crippen LogP contribution in [0.15, 0.2) is 60.8 Å². The molecule has 0 amide bonds. The first-order valence-electron chi connectivity index (χ1n) is 8.43. The van der Waals surface area contributed by atoms with Crippen LogP contribution in [0.2, 0.25) is 0 Å². The highest BCUT2D eigenvalue weighted by Crippen LogP contribution is 2.35. The number of ether oxygens (including phenoxy) is 3. The molecule has 7 heteroatoms. The molecule has 1 aromatic heterocycles. The van der Waals surface area contributed by atoms with Gasteiger partial charge in [-0.25, -0.2) is 14.8 Å². The molecule has 3 aromatic rings. The number of esters is 1. The van der Waals surface area contributed by atoms with E-state index in [4.69, 9.17) is 14.2 Å². The van der Waals surface area contributed by atoms with Crippen LogP contribution in [0.1, 0.15) is 10.6 Å². The Hall–Kier alpha value is -3.61. The lowest BCUT2D eigenvalue weighted by Gasteiger charge is -2.30. The van der Waals surface area contributed by atoms with Gasteiger partial charge in [0.2, 0.25) is 5.82 Å². The second-order valence-corrected chi connectivity index (χ2v) is 5.78. The molecule has 7 nitrogen and oxygen atoms in total. The standard InChI is InChI=1S/C20H17N3O4/c1-25-20(24)18-21-13-17-19(22-18)23(11-12-26-17)14-7-9-16(10-8-14)27-15-5-3-2-4-6-15/h2-10,13H,11-12H2,1H3. The monoisotopic (exact) mass is 363 g/mol. The Balaban J connectivity index is 1.60. The van der Waals surface area contributed by atoms with Crippen LogP contribution in [0, 0.1) is 0 Å². The fourth-order valence-electron chi connectivity index (χ4n) is 2.77. The molecule has 0 saturated carbocycles. The molecular formula is C20H17N3O4. The van der Waals surface area contributed by atoms with Crippen molar-refractivity contribution in [2.75, 3.05) is 25.2 Å². The van der Waals surface area contributed by atoms with Gasteiger partial charge in [-0.3, -0.25) is 0 Å². The smallest absolute Gasteiger partial charge is 0.376 e. The molecule has 0 unspecified atom stereocenters. The molecule has 0 bridgehead atoms. The Bertz CT molecular complexity index is 945. The quantitative estimate of drug-likeness (QED) is 0.656. The summed E-state index contributed by atoms with van der Waals surface area (Å²) in [5.74, 6) is 1.98. The van der Waals surface area contributed by atoms with E-state index in [0.717, 1.165) is 17.2 Å². The lowest BCUT2D eigenvalue weighted by molar-refractivity contribution is 0.0586. The molecule has 0 fully saturated rings. The minimum atomic E-state index is -0.588. The number of rotatable bonds is 4. The van der Waals surface area contributed by atoms with Crippen molar-refractivity contribution in [3.05, 3.63) is 66.6 Å². The molecule has 1 aliphatic heterocycles. The van der Waals surface area contributed by atoms with Crippen molar-refractivity contribution >= 4 is 17.5 Å². The summed E-state index contributed by atoms with van der Waals surface area (Å²) >= 11 is 0. The highest BCUT2D eigenvalue weighted by molar-refractivity contribution is 5.86. The predicted molar refractivity (Wildman–Crippen MR) is 98.8 cm³/mol. The average molecular weight is 363 g/mol. The van der Waals surface area contributed by atoms with Gasteiger partial charge in [0.25, 0.3) is 0 Å². The minimum absolute atomic E-state index is 0.00391. The van der Waals surface area contributed by atoms with E-state index in [1.165, 1.54) is 13.3 Å². The summed E-state index contributed by atoms with van der Waals surface area (Å²) in [4.78, 5) is 22.0. The van der Waals surface area contributed by atoms with Crippen molar-refractivity contribution in [1.29, 1.82) is 0 Å². The maximum atomic E-state index is 11.7. The summed E-state index contributed by atoms with van der Waals surface area (Å²) in [6.07, 6.45) is 1.49. The van der Waals surface area contributed by atoms with Crippen LogP contribution in [-0.2, 0) is 4.74 Å². The maximum Gasteiger partial charge on any atom is 0.376 e. The molecule has 4 rings (SSSR count). The number of methoxy groups -OCH3 is 1. The molecular weight excluding hydrogens is 346 g/mol. The van der Waals surface area contributed by atoms with E-state index in [-0.39, 0.29) is 5.82 Å². The fourth-order valence-corrected chi connectivity index (χ4v) is 2.77. The van der Waals surface area contributed by atoms with Gasteiger partial charge in [-0.2, -0.15) is 0 Å². The van der Waals surface area contributed by atoms with Gasteiger partial charge in [-0.1, -0.05) is 18.2 Å². The number of para-hydroxylation sites is 1. The Morgan fingerprint density at radius 2 is 1.81 bits per heavy atom. The first-order valence-corrected chi connectivity index (χ1v) is 8.43. The molecule has 0 spiro atoms. The van der Waals surface area contributed by atoms with Gasteiger partial charge in [-0.15, -0.1) is 0 Å². The largest absolute Gasteiger partial charge is 0.486 e. The lowest BCUT2D eigenvalue weighted by atomic mass is 10.2. The molecule has 0 atom stereocenters. The number of benzene rings is 2. The highest BCUT2D eigenvalue weighted by atomic mass is 16.5. The second kappa shape index (κ2) is 7.33. The molecule has 136 valence electrons. The van der Waals surface area contributed by atoms with Gasteiger partial charge < -0.3 is 19.1 Å². The van der Waals surface area contributed by atoms with Crippen LogP contribution < -0.4 is 14.4 Å². The molecule has 0 N–H and O–H groups in total. The molecule has 0 saturated heterocycles. The summed E-state index contributed by atoms with van der Waals surface area (Å²) in [5.41, 5.74) is 0.912. The van der Waals surface area contributed by atoms with E-state index in [1.54, 1.807) is 0 Å². The number of nitrogens with zero attached hydrogens (tertiary/aromatic N) is 3. The van der Waals surface area contributed by atoms with Crippen molar-refractivity contribution in [2.24, 2.45) is 0 Å². The molecule has 0 aliphatic carbocycles. The summed E-state index contributed by atoms with van der Waals surface area (Å²) in [5, 5.41) is 0. The topological polar surface area (TPSA) is 73.8 Å². The molecule has 2 aromatic carbocycles. The molecule has 0 radical (unpaired) electrons. The van der Waals surface area contributed by atoms with Gasteiger partial charge in [0, 0.05) is 5.69 Å². The SMILES string of the molecule is COC(=O)c1ncc2c(n1)N(c1ccc(Oc3ccccc3)cc1)CCO2. The summed E-state index contributed by atoms with van der Waals surface area (Å²) in [7, 11) is 1.30. The van der Waals surface area contributed by atoms with Gasteiger partial charge in [0.15, 0.2) is 11.6 Å². The second-order valence-electron chi connectivity index (χ2n) is 5.78. The molecule has 27 heavy (non-hydrogen) atoms. The Morgan fingerprint density at radius 3 is 2.56 bits per heavy atom. The summed E-state index contributed by atoms with van der Waals surface area (Å²) in [6.45, 7) is 1.10. The van der Waals surface area contributed by atoms with Crippen LogP contribution >= 0.6 is 0 Å². The van der Waals surface area contributed by atoms with Crippen LogP contribution in [-0.4, -0.2) is 36.2 Å². The van der Waals surface area contributed by atoms with Crippen molar-refractivity contribution in [2.45, 2.75) is 0 Å². The van der Waals surface area contributed by atoms with Gasteiger partial charge in [0.1, 0.15) is 18.1 Å². The van der Waals surface area contributed by atoms with E-state index in [2.05, 4.69) is 9.97 Å². The average Bonchev–Trinajstić information content (AvgIpc) is 2.74. The zero-order chi connectivity index (χ0) is 18.6. The third-order valence-electron chi connectivity index (χ3n) is 4.06. The Morgan fingerprint density at radius 1 is 1.07 bits per heavy atom. The van der Waals surface area contributed by atoms with Gasteiger partial charge in [0.05, 0.1) is 19.9 Å². The fraction of sp³-hybridized carbons (Fsp3) is 0.150. The number of fused-ring (bicyclic) bond motifs is 1. The summed E-state index contributed by atoms with van der Waals surface area (Å²) in [6, 6.07) is 17.2. The van der Waals surface area contributed by atoms with Gasteiger partial charge in [-0.05, 0) is 36.4 Å². The first-order chi connectivity index (χ1) is 13.2. The lowest BCUT2D eigenvalue weighted by Crippen LogP contribution is -2.30. The summed E-state index contributed by atoms with van der Waals surface area (Å²) < 4.78 is 16.1. The Kier molecular flexibility index (Phi) is 4.57. The van der Waals surface area contributed by atoms with E-state index < -0.39 is 5.97 Å².